The van der Waals surface area contributed by atoms with Crippen LogP contribution in [0.2, 0.25) is 0 Å². The van der Waals surface area contributed by atoms with Crippen LogP contribution in [-0.4, -0.2) is 36.1 Å². The highest BCUT2D eigenvalue weighted by Gasteiger charge is 2.17. The lowest BCUT2D eigenvalue weighted by atomic mass is 10.2. The number of carbonyl (C=O) groups excluding carboxylic acids is 1. The number of nitro benzene ring substituents is 1. The fourth-order valence-corrected chi connectivity index (χ4v) is 3.45. The molecule has 7 nitrogen and oxygen atoms in total. The summed E-state index contributed by atoms with van der Waals surface area (Å²) >= 11 is 1.43. The molecule has 0 N–H and O–H groups in total. The number of benzene rings is 2. The van der Waals surface area contributed by atoms with Crippen molar-refractivity contribution in [2.24, 2.45) is 0 Å². The minimum absolute atomic E-state index is 0.0213. The third-order valence-electron chi connectivity index (χ3n) is 3.80. The summed E-state index contributed by atoms with van der Waals surface area (Å²) in [5.74, 6) is -0.266. The van der Waals surface area contributed by atoms with Crippen LogP contribution in [0.15, 0.2) is 54.6 Å². The molecule has 0 bridgehead atoms. The minimum Gasteiger partial charge on any atom is -0.383 e. The molecule has 2 aromatic carbocycles. The van der Waals surface area contributed by atoms with Gasteiger partial charge < -0.3 is 4.74 Å². The Labute approximate surface area is 159 Å². The lowest BCUT2D eigenvalue weighted by Crippen LogP contribution is -2.32. The quantitative estimate of drug-likeness (QED) is 0.351. The van der Waals surface area contributed by atoms with Crippen LogP contribution in [0.5, 0.6) is 0 Å². The number of hydrogen-bond acceptors (Lipinski definition) is 6. The Morgan fingerprint density at radius 3 is 2.85 bits per heavy atom. The van der Waals surface area contributed by atoms with Gasteiger partial charge >= 0.3 is 0 Å². The van der Waals surface area contributed by atoms with Crippen molar-refractivity contribution in [3.8, 4) is 0 Å². The van der Waals surface area contributed by atoms with Gasteiger partial charge in [0.15, 0.2) is 5.13 Å². The summed E-state index contributed by atoms with van der Waals surface area (Å²) in [7, 11) is 1.57. The summed E-state index contributed by atoms with van der Waals surface area (Å²) in [6.45, 7) is 0.723. The van der Waals surface area contributed by atoms with Crippen LogP contribution in [0.4, 0.5) is 10.8 Å². The van der Waals surface area contributed by atoms with Crippen molar-refractivity contribution >= 4 is 44.4 Å². The highest BCUT2D eigenvalue weighted by Crippen LogP contribution is 2.28. The molecule has 0 unspecified atom stereocenters. The molecule has 0 spiro atoms. The molecule has 0 aliphatic heterocycles. The van der Waals surface area contributed by atoms with E-state index in [0.717, 1.165) is 10.2 Å². The summed E-state index contributed by atoms with van der Waals surface area (Å²) in [5, 5.41) is 11.5. The maximum absolute atomic E-state index is 12.7. The Morgan fingerprint density at radius 1 is 1.30 bits per heavy atom. The van der Waals surface area contributed by atoms with Crippen molar-refractivity contribution in [3.63, 3.8) is 0 Å². The first-order chi connectivity index (χ1) is 13.1. The van der Waals surface area contributed by atoms with Crippen molar-refractivity contribution in [1.82, 2.24) is 4.98 Å². The Morgan fingerprint density at radius 2 is 2.11 bits per heavy atom. The van der Waals surface area contributed by atoms with E-state index < -0.39 is 4.92 Å². The Balaban J connectivity index is 1.85. The third-order valence-corrected chi connectivity index (χ3v) is 4.86. The molecule has 0 radical (unpaired) electrons. The van der Waals surface area contributed by atoms with Crippen molar-refractivity contribution in [2.45, 2.75) is 0 Å². The average Bonchev–Trinajstić information content (AvgIpc) is 3.10. The zero-order valence-electron chi connectivity index (χ0n) is 14.6. The lowest BCUT2D eigenvalue weighted by Gasteiger charge is -2.17. The highest BCUT2D eigenvalue weighted by molar-refractivity contribution is 7.22. The van der Waals surface area contributed by atoms with E-state index in [2.05, 4.69) is 4.98 Å². The number of anilines is 1. The molecule has 138 valence electrons. The first-order valence-corrected chi connectivity index (χ1v) is 8.98. The second kappa shape index (κ2) is 8.52. The fourth-order valence-electron chi connectivity index (χ4n) is 2.46. The molecule has 3 rings (SSSR count). The zero-order valence-corrected chi connectivity index (χ0v) is 15.4. The predicted molar refractivity (Wildman–Crippen MR) is 106 cm³/mol. The third kappa shape index (κ3) is 4.55. The number of nitro groups is 1. The number of methoxy groups -OCH3 is 1. The van der Waals surface area contributed by atoms with Gasteiger partial charge in [0.1, 0.15) is 0 Å². The summed E-state index contributed by atoms with van der Waals surface area (Å²) in [6.07, 6.45) is 2.95. The van der Waals surface area contributed by atoms with Gasteiger partial charge in [0.25, 0.3) is 11.6 Å². The van der Waals surface area contributed by atoms with Crippen LogP contribution in [0.3, 0.4) is 0 Å². The Bertz CT molecular complexity index is 966. The standard InChI is InChI=1S/C19H17N3O4S/c1-26-12-11-21(19-20-16-7-2-3-8-17(16)27-19)18(23)10-9-14-5-4-6-15(13-14)22(24)25/h2-10,13H,11-12H2,1H3/b10-9+. The summed E-state index contributed by atoms with van der Waals surface area (Å²) in [5.41, 5.74) is 1.39. The van der Waals surface area contributed by atoms with E-state index in [9.17, 15) is 14.9 Å². The molecule has 1 aromatic heterocycles. The average molecular weight is 383 g/mol. The van der Waals surface area contributed by atoms with Crippen molar-refractivity contribution in [2.75, 3.05) is 25.2 Å². The Hall–Kier alpha value is -3.10. The van der Waals surface area contributed by atoms with E-state index in [-0.39, 0.29) is 11.6 Å². The van der Waals surface area contributed by atoms with E-state index in [1.165, 1.54) is 29.5 Å². The molecule has 3 aromatic rings. The van der Waals surface area contributed by atoms with Gasteiger partial charge in [-0.15, -0.1) is 0 Å². The molecule has 27 heavy (non-hydrogen) atoms. The molecule has 0 aliphatic carbocycles. The van der Waals surface area contributed by atoms with Gasteiger partial charge in [0.05, 0.1) is 28.3 Å². The van der Waals surface area contributed by atoms with Gasteiger partial charge in [-0.25, -0.2) is 4.98 Å². The molecule has 1 amide bonds. The van der Waals surface area contributed by atoms with Crippen molar-refractivity contribution in [1.29, 1.82) is 0 Å². The van der Waals surface area contributed by atoms with Gasteiger partial charge in [0, 0.05) is 25.3 Å². The lowest BCUT2D eigenvalue weighted by molar-refractivity contribution is -0.384. The number of nitrogens with zero attached hydrogens (tertiary/aromatic N) is 3. The number of ether oxygens (including phenoxy) is 1. The molecule has 0 saturated heterocycles. The molecule has 1 heterocycles. The maximum atomic E-state index is 12.7. The number of para-hydroxylation sites is 1. The van der Waals surface area contributed by atoms with Gasteiger partial charge in [-0.1, -0.05) is 35.6 Å². The zero-order chi connectivity index (χ0) is 19.2. The number of amides is 1. The highest BCUT2D eigenvalue weighted by atomic mass is 32.1. The second-order valence-corrected chi connectivity index (χ2v) is 6.64. The molecule has 8 heteroatoms. The monoisotopic (exact) mass is 383 g/mol. The topological polar surface area (TPSA) is 85.6 Å². The first-order valence-electron chi connectivity index (χ1n) is 8.17. The molecule has 0 saturated carbocycles. The molecule has 0 atom stereocenters. The van der Waals surface area contributed by atoms with Crippen molar-refractivity contribution in [3.05, 3.63) is 70.3 Å². The van der Waals surface area contributed by atoms with Crippen LogP contribution in [-0.2, 0) is 9.53 Å². The number of hydrogen-bond donors (Lipinski definition) is 0. The van der Waals surface area contributed by atoms with Gasteiger partial charge in [-0.05, 0) is 23.8 Å². The van der Waals surface area contributed by atoms with E-state index in [1.807, 2.05) is 24.3 Å². The number of aromatic nitrogens is 1. The summed E-state index contributed by atoms with van der Waals surface area (Å²) in [6, 6.07) is 13.8. The normalized spacial score (nSPS) is 11.1. The Kier molecular flexibility index (Phi) is 5.90. The molecular weight excluding hydrogens is 366 g/mol. The summed E-state index contributed by atoms with van der Waals surface area (Å²) < 4.78 is 6.10. The molecule has 0 fully saturated rings. The molecular formula is C19H17N3O4S. The van der Waals surface area contributed by atoms with Crippen molar-refractivity contribution < 1.29 is 14.5 Å². The van der Waals surface area contributed by atoms with E-state index in [4.69, 9.17) is 4.74 Å². The minimum atomic E-state index is -0.467. The van der Waals surface area contributed by atoms with Crippen LogP contribution in [0.25, 0.3) is 16.3 Å². The number of carbonyl (C=O) groups is 1. The van der Waals surface area contributed by atoms with Gasteiger partial charge in [-0.2, -0.15) is 0 Å². The number of thiazole rings is 1. The van der Waals surface area contributed by atoms with Crippen LogP contribution >= 0.6 is 11.3 Å². The van der Waals surface area contributed by atoms with E-state index >= 15 is 0 Å². The smallest absolute Gasteiger partial charge is 0.270 e. The molecule has 0 aliphatic rings. The maximum Gasteiger partial charge on any atom is 0.270 e. The van der Waals surface area contributed by atoms with Crippen LogP contribution < -0.4 is 4.90 Å². The van der Waals surface area contributed by atoms with Crippen LogP contribution in [0.1, 0.15) is 5.56 Å². The fraction of sp³-hybridized carbons (Fsp3) is 0.158. The van der Waals surface area contributed by atoms with Crippen LogP contribution in [0, 0.1) is 10.1 Å². The predicted octanol–water partition coefficient (Wildman–Crippen LogP) is 3.90. The largest absolute Gasteiger partial charge is 0.383 e. The number of non-ortho nitro benzene ring substituents is 1. The number of rotatable bonds is 7. The number of fused-ring (bicyclic) bond motifs is 1. The van der Waals surface area contributed by atoms with Gasteiger partial charge in [-0.3, -0.25) is 19.8 Å². The first kappa shape index (κ1) is 18.7. The SMILES string of the molecule is COCCN(C(=O)/C=C/c1cccc([N+](=O)[O-])c1)c1nc2ccccc2s1. The van der Waals surface area contributed by atoms with E-state index in [0.29, 0.717) is 23.8 Å². The van der Waals surface area contributed by atoms with Gasteiger partial charge in [0.2, 0.25) is 0 Å². The summed E-state index contributed by atoms with van der Waals surface area (Å²) in [4.78, 5) is 29.2. The second-order valence-electron chi connectivity index (χ2n) is 5.63. The van der Waals surface area contributed by atoms with E-state index in [1.54, 1.807) is 30.2 Å².